The van der Waals surface area contributed by atoms with Gasteiger partial charge in [0.15, 0.2) is 0 Å². The van der Waals surface area contributed by atoms with Gasteiger partial charge in [-0.25, -0.2) is 0 Å². The van der Waals surface area contributed by atoms with E-state index in [2.05, 4.69) is 15.3 Å². The van der Waals surface area contributed by atoms with Crippen LogP contribution in [0.4, 0.5) is 5.95 Å². The molecule has 1 amide bonds. The molecule has 1 saturated carbocycles. The average Bonchev–Trinajstić information content (AvgIpc) is 2.97. The largest absolute Gasteiger partial charge is 0.481 e. The number of carbonyl (C=O) groups is 2. The Morgan fingerprint density at radius 2 is 1.76 bits per heavy atom. The van der Waals surface area contributed by atoms with E-state index in [9.17, 15) is 9.59 Å². The third-order valence-corrected chi connectivity index (χ3v) is 3.49. The number of carboxylic acid groups (broad SMARTS) is 1. The summed E-state index contributed by atoms with van der Waals surface area (Å²) in [6, 6.07) is 1.49. The second-order valence-electron chi connectivity index (χ2n) is 4.81. The van der Waals surface area contributed by atoms with Crippen molar-refractivity contribution in [1.82, 2.24) is 9.97 Å². The maximum atomic E-state index is 12.1. The fraction of sp³-hybridized carbons (Fsp3) is 0.538. The predicted molar refractivity (Wildman–Crippen MR) is 72.2 cm³/mol. The smallest absolute Gasteiger partial charge is 0.306 e. The number of methoxy groups -OCH3 is 2. The van der Waals surface area contributed by atoms with Gasteiger partial charge in [0.1, 0.15) is 0 Å². The van der Waals surface area contributed by atoms with Crippen LogP contribution in [0.15, 0.2) is 6.07 Å². The van der Waals surface area contributed by atoms with Gasteiger partial charge in [-0.3, -0.25) is 14.9 Å². The Morgan fingerprint density at radius 3 is 2.24 bits per heavy atom. The standard InChI is InChI=1S/C13H17N3O5/c1-20-9-6-10(21-2)15-13(14-9)16-11(17)7-3-4-8(5-7)12(18)19/h6-8H,3-5H2,1-2H3,(H,18,19)(H,14,15,16,17)/t7-,8+/m1/s1. The lowest BCUT2D eigenvalue weighted by molar-refractivity contribution is -0.141. The van der Waals surface area contributed by atoms with Crippen molar-refractivity contribution in [3.63, 3.8) is 0 Å². The summed E-state index contributed by atoms with van der Waals surface area (Å²) in [7, 11) is 2.89. The number of carbonyl (C=O) groups excluding carboxylic acids is 1. The van der Waals surface area contributed by atoms with Crippen molar-refractivity contribution >= 4 is 17.8 Å². The van der Waals surface area contributed by atoms with Crippen LogP contribution in [0, 0.1) is 11.8 Å². The number of nitrogens with zero attached hydrogens (tertiary/aromatic N) is 2. The minimum absolute atomic E-state index is 0.0787. The normalized spacial score (nSPS) is 20.9. The van der Waals surface area contributed by atoms with Crippen LogP contribution < -0.4 is 14.8 Å². The van der Waals surface area contributed by atoms with Crippen molar-refractivity contribution in [3.8, 4) is 11.8 Å². The van der Waals surface area contributed by atoms with Gasteiger partial charge in [0, 0.05) is 5.92 Å². The first kappa shape index (κ1) is 15.0. The molecule has 0 radical (unpaired) electrons. The van der Waals surface area contributed by atoms with E-state index in [0.29, 0.717) is 19.3 Å². The summed E-state index contributed by atoms with van der Waals surface area (Å²) in [4.78, 5) is 31.0. The lowest BCUT2D eigenvalue weighted by Gasteiger charge is -2.11. The molecule has 2 N–H and O–H groups in total. The highest BCUT2D eigenvalue weighted by Crippen LogP contribution is 2.31. The SMILES string of the molecule is COc1cc(OC)nc(NC(=O)[C@@H]2CC[C@H](C(=O)O)C2)n1. The van der Waals surface area contributed by atoms with E-state index >= 15 is 0 Å². The third-order valence-electron chi connectivity index (χ3n) is 3.49. The van der Waals surface area contributed by atoms with Gasteiger partial charge in [-0.1, -0.05) is 0 Å². The molecule has 1 aromatic rings. The average molecular weight is 295 g/mol. The number of hydrogen-bond acceptors (Lipinski definition) is 6. The molecule has 0 spiro atoms. The van der Waals surface area contributed by atoms with Gasteiger partial charge in [-0.15, -0.1) is 0 Å². The molecule has 8 nitrogen and oxygen atoms in total. The van der Waals surface area contributed by atoms with Crippen LogP contribution in [-0.2, 0) is 9.59 Å². The van der Waals surface area contributed by atoms with Gasteiger partial charge in [-0.2, -0.15) is 9.97 Å². The molecule has 0 bridgehead atoms. The van der Waals surface area contributed by atoms with Crippen LogP contribution >= 0.6 is 0 Å². The molecule has 1 aromatic heterocycles. The fourth-order valence-electron chi connectivity index (χ4n) is 2.33. The van der Waals surface area contributed by atoms with E-state index in [1.165, 1.54) is 20.3 Å². The Hall–Kier alpha value is -2.38. The minimum atomic E-state index is -0.857. The van der Waals surface area contributed by atoms with E-state index in [0.717, 1.165) is 0 Å². The van der Waals surface area contributed by atoms with Gasteiger partial charge in [-0.05, 0) is 19.3 Å². The van der Waals surface area contributed by atoms with Gasteiger partial charge in [0.25, 0.3) is 0 Å². The number of aromatic nitrogens is 2. The molecule has 2 atom stereocenters. The van der Waals surface area contributed by atoms with Crippen molar-refractivity contribution in [1.29, 1.82) is 0 Å². The molecule has 21 heavy (non-hydrogen) atoms. The first-order valence-electron chi connectivity index (χ1n) is 6.54. The van der Waals surface area contributed by atoms with Crippen LogP contribution in [0.3, 0.4) is 0 Å². The number of anilines is 1. The third kappa shape index (κ3) is 3.59. The zero-order chi connectivity index (χ0) is 15.4. The van der Waals surface area contributed by atoms with Gasteiger partial charge in [0.05, 0.1) is 26.2 Å². The lowest BCUT2D eigenvalue weighted by Crippen LogP contribution is -2.23. The second kappa shape index (κ2) is 6.38. The van der Waals surface area contributed by atoms with Gasteiger partial charge in [0.2, 0.25) is 23.6 Å². The van der Waals surface area contributed by atoms with Crippen molar-refractivity contribution in [2.75, 3.05) is 19.5 Å². The van der Waals surface area contributed by atoms with Crippen molar-refractivity contribution in [2.45, 2.75) is 19.3 Å². The van der Waals surface area contributed by atoms with E-state index < -0.39 is 11.9 Å². The number of amides is 1. The van der Waals surface area contributed by atoms with E-state index in [1.807, 2.05) is 0 Å². The first-order chi connectivity index (χ1) is 10.0. The number of ether oxygens (including phenoxy) is 2. The quantitative estimate of drug-likeness (QED) is 0.831. The van der Waals surface area contributed by atoms with Crippen LogP contribution in [0.2, 0.25) is 0 Å². The molecule has 1 heterocycles. The van der Waals surface area contributed by atoms with Crippen LogP contribution in [0.25, 0.3) is 0 Å². The summed E-state index contributed by atoms with van der Waals surface area (Å²) in [5, 5.41) is 11.5. The lowest BCUT2D eigenvalue weighted by atomic mass is 10.0. The van der Waals surface area contributed by atoms with Crippen molar-refractivity contribution in [2.24, 2.45) is 11.8 Å². The van der Waals surface area contributed by atoms with Crippen molar-refractivity contribution in [3.05, 3.63) is 6.07 Å². The van der Waals surface area contributed by atoms with Crippen LogP contribution in [0.1, 0.15) is 19.3 Å². The summed E-state index contributed by atoms with van der Waals surface area (Å²) < 4.78 is 9.99. The van der Waals surface area contributed by atoms with E-state index in [4.69, 9.17) is 14.6 Å². The number of rotatable bonds is 5. The Kier molecular flexibility index (Phi) is 4.56. The number of hydrogen-bond donors (Lipinski definition) is 2. The summed E-state index contributed by atoms with van der Waals surface area (Å²) in [5.41, 5.74) is 0. The molecule has 0 saturated heterocycles. The fourth-order valence-corrected chi connectivity index (χ4v) is 2.33. The van der Waals surface area contributed by atoms with Gasteiger partial charge >= 0.3 is 5.97 Å². The Morgan fingerprint density at radius 1 is 1.19 bits per heavy atom. The van der Waals surface area contributed by atoms with Crippen LogP contribution in [0.5, 0.6) is 11.8 Å². The molecule has 1 aliphatic carbocycles. The molecular formula is C13H17N3O5. The highest BCUT2D eigenvalue weighted by Gasteiger charge is 2.34. The molecule has 114 valence electrons. The van der Waals surface area contributed by atoms with Gasteiger partial charge < -0.3 is 14.6 Å². The van der Waals surface area contributed by atoms with E-state index in [-0.39, 0.29) is 29.5 Å². The topological polar surface area (TPSA) is 111 Å². The van der Waals surface area contributed by atoms with Crippen LogP contribution in [-0.4, -0.2) is 41.2 Å². The highest BCUT2D eigenvalue weighted by atomic mass is 16.5. The summed E-state index contributed by atoms with van der Waals surface area (Å²) in [5.74, 6) is -1.32. The summed E-state index contributed by atoms with van der Waals surface area (Å²) >= 11 is 0. The van der Waals surface area contributed by atoms with E-state index in [1.54, 1.807) is 0 Å². The monoisotopic (exact) mass is 295 g/mol. The first-order valence-corrected chi connectivity index (χ1v) is 6.54. The Bertz CT molecular complexity index is 526. The predicted octanol–water partition coefficient (Wildman–Crippen LogP) is 0.933. The molecule has 1 aliphatic rings. The molecule has 1 fully saturated rings. The molecule has 2 rings (SSSR count). The zero-order valence-electron chi connectivity index (χ0n) is 11.8. The molecule has 0 unspecified atom stereocenters. The Balaban J connectivity index is 2.04. The minimum Gasteiger partial charge on any atom is -0.481 e. The molecule has 0 aliphatic heterocycles. The number of carboxylic acids is 1. The Labute approximate surface area is 121 Å². The molecule has 8 heteroatoms. The summed E-state index contributed by atoms with van der Waals surface area (Å²) in [6.45, 7) is 0. The maximum Gasteiger partial charge on any atom is 0.306 e. The molecular weight excluding hydrogens is 278 g/mol. The van der Waals surface area contributed by atoms with Crippen molar-refractivity contribution < 1.29 is 24.2 Å². The maximum absolute atomic E-state index is 12.1. The second-order valence-corrected chi connectivity index (χ2v) is 4.81. The number of aliphatic carboxylic acids is 1. The summed E-state index contributed by atoms with van der Waals surface area (Å²) in [6.07, 6.45) is 1.39. The highest BCUT2D eigenvalue weighted by molar-refractivity contribution is 5.91. The molecule has 0 aromatic carbocycles. The number of nitrogens with one attached hydrogen (secondary N) is 1. The zero-order valence-corrected chi connectivity index (χ0v) is 11.8.